The summed E-state index contributed by atoms with van der Waals surface area (Å²) in [6.07, 6.45) is 22.8. The zero-order valence-corrected chi connectivity index (χ0v) is 16.5. The van der Waals surface area contributed by atoms with Crippen LogP contribution in [0, 0.1) is 15.5 Å². The summed E-state index contributed by atoms with van der Waals surface area (Å²) >= 11 is 0. The van der Waals surface area contributed by atoms with Gasteiger partial charge in [-0.2, -0.15) is 0 Å². The highest BCUT2D eigenvalue weighted by molar-refractivity contribution is 4.95. The molecule has 0 bridgehead atoms. The van der Waals surface area contributed by atoms with E-state index in [2.05, 4.69) is 38.0 Å². The average Bonchev–Trinajstić information content (AvgIpc) is 2.57. The fourth-order valence-electron chi connectivity index (χ4n) is 3.36. The van der Waals surface area contributed by atoms with Gasteiger partial charge in [-0.15, -0.1) is 29.9 Å². The standard InChI is InChI=1S/C21H39N.HNO3/c1-4-16-21(17-5-2,18-6-3)19-14-12-10-8-7-9-11-13-15-20-22;2-1(3)4/h4-6H,1-3,7-20,22H2;(H,2,3,4). The van der Waals surface area contributed by atoms with Crippen LogP contribution in [0.3, 0.4) is 0 Å². The summed E-state index contributed by atoms with van der Waals surface area (Å²) < 4.78 is 0. The highest BCUT2D eigenvalue weighted by Crippen LogP contribution is 2.38. The Morgan fingerprint density at radius 3 is 1.42 bits per heavy atom. The van der Waals surface area contributed by atoms with Gasteiger partial charge in [-0.3, -0.25) is 0 Å². The van der Waals surface area contributed by atoms with Gasteiger partial charge in [0.25, 0.3) is 5.09 Å². The molecule has 0 aromatic carbocycles. The number of rotatable bonds is 17. The summed E-state index contributed by atoms with van der Waals surface area (Å²) in [5.74, 6) is 0. The van der Waals surface area contributed by atoms with E-state index < -0.39 is 5.09 Å². The third-order valence-electron chi connectivity index (χ3n) is 4.64. The van der Waals surface area contributed by atoms with Gasteiger partial charge in [-0.1, -0.05) is 69.6 Å². The molecule has 0 aromatic rings. The molecule has 0 spiro atoms. The van der Waals surface area contributed by atoms with Crippen LogP contribution < -0.4 is 5.73 Å². The fraction of sp³-hybridized carbons (Fsp3) is 0.714. The molecular weight excluding hydrogens is 328 g/mol. The van der Waals surface area contributed by atoms with Crippen LogP contribution in [0.5, 0.6) is 0 Å². The van der Waals surface area contributed by atoms with Gasteiger partial charge in [-0.05, 0) is 44.1 Å². The van der Waals surface area contributed by atoms with E-state index in [1.54, 1.807) is 0 Å². The summed E-state index contributed by atoms with van der Waals surface area (Å²) in [5, 5.41) is 13.6. The maximum atomic E-state index is 8.36. The molecular formula is C21H40N2O3. The maximum absolute atomic E-state index is 8.36. The van der Waals surface area contributed by atoms with E-state index in [1.807, 2.05) is 0 Å². The first-order chi connectivity index (χ1) is 12.5. The van der Waals surface area contributed by atoms with Crippen molar-refractivity contribution in [3.05, 3.63) is 48.1 Å². The molecule has 0 saturated carbocycles. The summed E-state index contributed by atoms with van der Waals surface area (Å²) in [7, 11) is 0. The minimum atomic E-state index is -1.50. The van der Waals surface area contributed by atoms with Crippen LogP contribution in [0.2, 0.25) is 0 Å². The Kier molecular flexibility index (Phi) is 20.2. The van der Waals surface area contributed by atoms with E-state index in [4.69, 9.17) is 21.1 Å². The highest BCUT2D eigenvalue weighted by atomic mass is 16.9. The van der Waals surface area contributed by atoms with Gasteiger partial charge >= 0.3 is 0 Å². The summed E-state index contributed by atoms with van der Waals surface area (Å²) in [6.45, 7) is 12.6. The second kappa shape index (κ2) is 19.7. The molecule has 0 aliphatic heterocycles. The molecule has 0 aliphatic rings. The van der Waals surface area contributed by atoms with Gasteiger partial charge in [0.15, 0.2) is 0 Å². The van der Waals surface area contributed by atoms with Crippen molar-refractivity contribution in [2.75, 3.05) is 6.54 Å². The van der Waals surface area contributed by atoms with Gasteiger partial charge in [0, 0.05) is 0 Å². The second-order valence-corrected chi connectivity index (χ2v) is 6.94. The van der Waals surface area contributed by atoms with Crippen molar-refractivity contribution in [2.24, 2.45) is 11.1 Å². The van der Waals surface area contributed by atoms with Crippen molar-refractivity contribution in [3.63, 3.8) is 0 Å². The number of hydrogen-bond acceptors (Lipinski definition) is 3. The Morgan fingerprint density at radius 1 is 0.808 bits per heavy atom. The lowest BCUT2D eigenvalue weighted by Crippen LogP contribution is -2.18. The number of nitrogens with zero attached hydrogens (tertiary/aromatic N) is 1. The lowest BCUT2D eigenvalue weighted by atomic mass is 9.74. The van der Waals surface area contributed by atoms with Crippen molar-refractivity contribution in [1.29, 1.82) is 0 Å². The molecule has 0 heterocycles. The second-order valence-electron chi connectivity index (χ2n) is 6.94. The van der Waals surface area contributed by atoms with E-state index in [-0.39, 0.29) is 0 Å². The van der Waals surface area contributed by atoms with E-state index in [0.717, 1.165) is 25.8 Å². The third-order valence-corrected chi connectivity index (χ3v) is 4.64. The van der Waals surface area contributed by atoms with Gasteiger partial charge < -0.3 is 10.9 Å². The Hall–Kier alpha value is -1.62. The topological polar surface area (TPSA) is 89.4 Å². The van der Waals surface area contributed by atoms with Crippen LogP contribution in [0.1, 0.15) is 83.5 Å². The normalized spacial score (nSPS) is 10.5. The van der Waals surface area contributed by atoms with Crippen molar-refractivity contribution in [3.8, 4) is 0 Å². The van der Waals surface area contributed by atoms with Crippen molar-refractivity contribution < 1.29 is 10.3 Å². The highest BCUT2D eigenvalue weighted by Gasteiger charge is 2.25. The van der Waals surface area contributed by atoms with Gasteiger partial charge in [-0.25, -0.2) is 0 Å². The number of unbranched alkanes of at least 4 members (excludes halogenated alkanes) is 8. The van der Waals surface area contributed by atoms with Crippen LogP contribution in [-0.4, -0.2) is 16.8 Å². The number of hydrogen-bond donors (Lipinski definition) is 2. The molecule has 0 aromatic heterocycles. The zero-order chi connectivity index (χ0) is 20.1. The molecule has 3 N–H and O–H groups in total. The molecule has 0 radical (unpaired) electrons. The lowest BCUT2D eigenvalue weighted by molar-refractivity contribution is -0.742. The maximum Gasteiger partial charge on any atom is 0.291 e. The predicted octanol–water partition coefficient (Wildman–Crippen LogP) is 6.21. The van der Waals surface area contributed by atoms with Gasteiger partial charge in [0.2, 0.25) is 0 Å². The molecule has 0 unspecified atom stereocenters. The first-order valence-corrected chi connectivity index (χ1v) is 9.84. The Balaban J connectivity index is 0. The zero-order valence-electron chi connectivity index (χ0n) is 16.5. The smallest absolute Gasteiger partial charge is 0.291 e. The van der Waals surface area contributed by atoms with Crippen LogP contribution in [0.4, 0.5) is 0 Å². The molecule has 0 fully saturated rings. The lowest BCUT2D eigenvalue weighted by Gasteiger charge is -2.31. The summed E-state index contributed by atoms with van der Waals surface area (Å²) in [5.41, 5.74) is 5.83. The molecule has 26 heavy (non-hydrogen) atoms. The monoisotopic (exact) mass is 368 g/mol. The van der Waals surface area contributed by atoms with Crippen LogP contribution in [-0.2, 0) is 0 Å². The SMILES string of the molecule is C=CCC(CC=C)(CC=C)CCCCCCCCCCCN.O=[N+]([O-])O. The fourth-order valence-corrected chi connectivity index (χ4v) is 3.36. The molecule has 5 heteroatoms. The van der Waals surface area contributed by atoms with Gasteiger partial charge in [0.05, 0.1) is 0 Å². The molecule has 0 amide bonds. The van der Waals surface area contributed by atoms with Crippen molar-refractivity contribution in [1.82, 2.24) is 0 Å². The van der Waals surface area contributed by atoms with Crippen molar-refractivity contribution >= 4 is 0 Å². The number of nitrogens with two attached hydrogens (primary N) is 1. The average molecular weight is 369 g/mol. The van der Waals surface area contributed by atoms with E-state index in [9.17, 15) is 0 Å². The quantitative estimate of drug-likeness (QED) is 0.138. The summed E-state index contributed by atoms with van der Waals surface area (Å²) in [6, 6.07) is 0. The van der Waals surface area contributed by atoms with E-state index in [0.29, 0.717) is 5.41 Å². The minimum Gasteiger partial charge on any atom is -0.330 e. The van der Waals surface area contributed by atoms with E-state index >= 15 is 0 Å². The number of allylic oxidation sites excluding steroid dienone is 3. The molecule has 5 nitrogen and oxygen atoms in total. The molecule has 0 atom stereocenters. The third kappa shape index (κ3) is 18.7. The van der Waals surface area contributed by atoms with Crippen LogP contribution >= 0.6 is 0 Å². The minimum absolute atomic E-state index is 0.327. The molecule has 152 valence electrons. The molecule has 0 saturated heterocycles. The summed E-state index contributed by atoms with van der Waals surface area (Å²) in [4.78, 5) is 8.36. The van der Waals surface area contributed by atoms with Crippen LogP contribution in [0.25, 0.3) is 0 Å². The largest absolute Gasteiger partial charge is 0.330 e. The molecule has 0 rings (SSSR count). The van der Waals surface area contributed by atoms with Crippen molar-refractivity contribution in [2.45, 2.75) is 83.5 Å². The predicted molar refractivity (Wildman–Crippen MR) is 111 cm³/mol. The molecule has 0 aliphatic carbocycles. The Bertz CT molecular complexity index is 340. The first-order valence-electron chi connectivity index (χ1n) is 9.84. The van der Waals surface area contributed by atoms with Gasteiger partial charge in [0.1, 0.15) is 0 Å². The first kappa shape index (κ1) is 26.6. The Morgan fingerprint density at radius 2 is 1.12 bits per heavy atom. The van der Waals surface area contributed by atoms with Crippen LogP contribution in [0.15, 0.2) is 38.0 Å². The van der Waals surface area contributed by atoms with E-state index in [1.165, 1.54) is 64.2 Å². The Labute approximate surface area is 160 Å².